The average Bonchev–Trinajstić information content (AvgIpc) is 2.87. The van der Waals surface area contributed by atoms with Crippen molar-refractivity contribution in [3.8, 4) is 6.07 Å². The van der Waals surface area contributed by atoms with E-state index in [9.17, 15) is 9.59 Å². The summed E-state index contributed by atoms with van der Waals surface area (Å²) in [7, 11) is 0. The van der Waals surface area contributed by atoms with Crippen molar-refractivity contribution in [1.29, 1.82) is 5.26 Å². The highest BCUT2D eigenvalue weighted by Gasteiger charge is 2.51. The number of nitriles is 1. The first-order valence-electron chi connectivity index (χ1n) is 7.89. The molecule has 1 heterocycles. The molecule has 1 aliphatic rings. The molecule has 5 nitrogen and oxygen atoms in total. The number of hydrogen-bond donors (Lipinski definition) is 1. The van der Waals surface area contributed by atoms with Gasteiger partial charge in [0.05, 0.1) is 18.2 Å². The van der Waals surface area contributed by atoms with Crippen molar-refractivity contribution in [3.05, 3.63) is 70.2 Å². The molecular formula is C19H16ClN3O2. The van der Waals surface area contributed by atoms with E-state index in [4.69, 9.17) is 16.9 Å². The molecule has 1 saturated heterocycles. The maximum Gasteiger partial charge on any atom is 0.325 e. The fourth-order valence-corrected chi connectivity index (χ4v) is 3.19. The van der Waals surface area contributed by atoms with Crippen LogP contribution in [0.1, 0.15) is 30.0 Å². The molecule has 1 atom stereocenters. The van der Waals surface area contributed by atoms with E-state index >= 15 is 0 Å². The Kier molecular flexibility index (Phi) is 4.47. The molecule has 0 saturated carbocycles. The predicted octanol–water partition coefficient (Wildman–Crippen LogP) is 3.57. The standard InChI is InChI=1S/C19H16ClN3O2/c1-2-19(15-6-8-16(20)9-7-15)17(24)23(18(25)22-19)12-14-5-3-4-13(10-14)11-21/h3-10H,2,12H2,1H3,(H,22,25). The van der Waals surface area contributed by atoms with Gasteiger partial charge in [0, 0.05) is 5.02 Å². The summed E-state index contributed by atoms with van der Waals surface area (Å²) in [6.07, 6.45) is 0.425. The first kappa shape index (κ1) is 17.0. The number of nitrogens with one attached hydrogen (secondary N) is 1. The van der Waals surface area contributed by atoms with Gasteiger partial charge in [-0.15, -0.1) is 0 Å². The van der Waals surface area contributed by atoms with Crippen LogP contribution in [0.4, 0.5) is 4.79 Å². The lowest BCUT2D eigenvalue weighted by Crippen LogP contribution is -2.43. The maximum atomic E-state index is 13.1. The number of benzene rings is 2. The molecule has 2 aromatic rings. The Balaban J connectivity index is 1.93. The number of carbonyl (C=O) groups is 2. The van der Waals surface area contributed by atoms with Gasteiger partial charge in [0.1, 0.15) is 5.54 Å². The van der Waals surface area contributed by atoms with Gasteiger partial charge in [-0.2, -0.15) is 5.26 Å². The monoisotopic (exact) mass is 353 g/mol. The van der Waals surface area contributed by atoms with Crippen molar-refractivity contribution < 1.29 is 9.59 Å². The summed E-state index contributed by atoms with van der Waals surface area (Å²) >= 11 is 5.93. The van der Waals surface area contributed by atoms with Gasteiger partial charge in [-0.05, 0) is 41.8 Å². The quantitative estimate of drug-likeness (QED) is 0.854. The lowest BCUT2D eigenvalue weighted by atomic mass is 9.87. The van der Waals surface area contributed by atoms with E-state index < -0.39 is 11.6 Å². The number of carbonyl (C=O) groups excluding carboxylic acids is 2. The molecule has 25 heavy (non-hydrogen) atoms. The molecule has 1 N–H and O–H groups in total. The fourth-order valence-electron chi connectivity index (χ4n) is 3.07. The molecule has 0 radical (unpaired) electrons. The molecular weight excluding hydrogens is 338 g/mol. The molecule has 2 aromatic carbocycles. The van der Waals surface area contributed by atoms with Crippen LogP contribution in [0.15, 0.2) is 48.5 Å². The largest absolute Gasteiger partial charge is 0.325 e. The van der Waals surface area contributed by atoms with Crippen LogP contribution in [0.3, 0.4) is 0 Å². The smallest absolute Gasteiger partial charge is 0.319 e. The van der Waals surface area contributed by atoms with Crippen molar-refractivity contribution in [2.45, 2.75) is 25.4 Å². The van der Waals surface area contributed by atoms with E-state index in [1.165, 1.54) is 4.90 Å². The van der Waals surface area contributed by atoms with Gasteiger partial charge in [-0.3, -0.25) is 9.69 Å². The van der Waals surface area contributed by atoms with E-state index in [-0.39, 0.29) is 12.5 Å². The molecule has 3 amide bonds. The summed E-state index contributed by atoms with van der Waals surface area (Å²) < 4.78 is 0. The third-order valence-electron chi connectivity index (χ3n) is 4.44. The highest BCUT2D eigenvalue weighted by Crippen LogP contribution is 2.33. The topological polar surface area (TPSA) is 73.2 Å². The van der Waals surface area contributed by atoms with Crippen LogP contribution in [-0.2, 0) is 16.9 Å². The molecule has 1 fully saturated rings. The number of imide groups is 1. The van der Waals surface area contributed by atoms with Gasteiger partial charge in [0.15, 0.2) is 0 Å². The number of urea groups is 1. The lowest BCUT2D eigenvalue weighted by Gasteiger charge is -2.26. The van der Waals surface area contributed by atoms with Crippen molar-refractivity contribution >= 4 is 23.5 Å². The van der Waals surface area contributed by atoms with Crippen molar-refractivity contribution in [1.82, 2.24) is 10.2 Å². The second-order valence-electron chi connectivity index (χ2n) is 5.90. The number of rotatable bonds is 4. The zero-order chi connectivity index (χ0) is 18.0. The summed E-state index contributed by atoms with van der Waals surface area (Å²) in [4.78, 5) is 26.7. The first-order chi connectivity index (χ1) is 12.0. The number of halogens is 1. The van der Waals surface area contributed by atoms with Gasteiger partial charge in [0.2, 0.25) is 0 Å². The molecule has 0 aromatic heterocycles. The molecule has 1 unspecified atom stereocenters. The third kappa shape index (κ3) is 2.97. The minimum Gasteiger partial charge on any atom is -0.319 e. The SMILES string of the molecule is CCC1(c2ccc(Cl)cc2)NC(=O)N(Cc2cccc(C#N)c2)C1=O. The molecule has 0 spiro atoms. The van der Waals surface area contributed by atoms with Gasteiger partial charge in [-0.1, -0.05) is 42.8 Å². The van der Waals surface area contributed by atoms with Crippen molar-refractivity contribution in [3.63, 3.8) is 0 Å². The normalized spacial score (nSPS) is 19.6. The summed E-state index contributed by atoms with van der Waals surface area (Å²) in [6.45, 7) is 1.97. The van der Waals surface area contributed by atoms with E-state index in [1.807, 2.05) is 6.92 Å². The Labute approximate surface area is 150 Å². The van der Waals surface area contributed by atoms with Crippen LogP contribution in [0.25, 0.3) is 0 Å². The minimum atomic E-state index is -1.09. The Hall–Kier alpha value is -2.84. The zero-order valence-corrected chi connectivity index (χ0v) is 14.4. The first-order valence-corrected chi connectivity index (χ1v) is 8.27. The number of amides is 3. The molecule has 0 aliphatic carbocycles. The van der Waals surface area contributed by atoms with Crippen LogP contribution in [0, 0.1) is 11.3 Å². The van der Waals surface area contributed by atoms with E-state index in [0.717, 1.165) is 5.56 Å². The van der Waals surface area contributed by atoms with Gasteiger partial charge >= 0.3 is 6.03 Å². The average molecular weight is 354 g/mol. The van der Waals surface area contributed by atoms with Crippen molar-refractivity contribution in [2.75, 3.05) is 0 Å². The second-order valence-corrected chi connectivity index (χ2v) is 6.34. The highest BCUT2D eigenvalue weighted by molar-refractivity contribution is 6.30. The maximum absolute atomic E-state index is 13.1. The Morgan fingerprint density at radius 2 is 1.92 bits per heavy atom. The predicted molar refractivity (Wildman–Crippen MR) is 93.7 cm³/mol. The zero-order valence-electron chi connectivity index (χ0n) is 13.6. The van der Waals surface area contributed by atoms with Crippen LogP contribution < -0.4 is 5.32 Å². The lowest BCUT2D eigenvalue weighted by molar-refractivity contribution is -0.132. The molecule has 3 rings (SSSR count). The second kappa shape index (κ2) is 6.58. The number of nitrogens with zero attached hydrogens (tertiary/aromatic N) is 2. The van der Waals surface area contributed by atoms with Gasteiger partial charge in [0.25, 0.3) is 5.91 Å². The van der Waals surface area contributed by atoms with E-state index in [1.54, 1.807) is 48.5 Å². The summed E-state index contributed by atoms with van der Waals surface area (Å²) in [5, 5.41) is 12.4. The van der Waals surface area contributed by atoms with Crippen LogP contribution >= 0.6 is 11.6 Å². The van der Waals surface area contributed by atoms with Crippen molar-refractivity contribution in [2.24, 2.45) is 0 Å². The highest BCUT2D eigenvalue weighted by atomic mass is 35.5. The summed E-state index contributed by atoms with van der Waals surface area (Å²) in [6, 6.07) is 15.4. The Morgan fingerprint density at radius 1 is 1.20 bits per heavy atom. The van der Waals surface area contributed by atoms with Crippen LogP contribution in [0.2, 0.25) is 5.02 Å². The van der Waals surface area contributed by atoms with E-state index in [2.05, 4.69) is 11.4 Å². The summed E-state index contributed by atoms with van der Waals surface area (Å²) in [5.41, 5.74) is 0.828. The Bertz CT molecular complexity index is 873. The minimum absolute atomic E-state index is 0.121. The number of hydrogen-bond acceptors (Lipinski definition) is 3. The fraction of sp³-hybridized carbons (Fsp3) is 0.211. The molecule has 126 valence electrons. The molecule has 1 aliphatic heterocycles. The summed E-state index contributed by atoms with van der Waals surface area (Å²) in [5.74, 6) is -0.301. The van der Waals surface area contributed by atoms with Crippen LogP contribution in [-0.4, -0.2) is 16.8 Å². The van der Waals surface area contributed by atoms with Crippen LogP contribution in [0.5, 0.6) is 0 Å². The van der Waals surface area contributed by atoms with Gasteiger partial charge in [-0.25, -0.2) is 4.79 Å². The van der Waals surface area contributed by atoms with E-state index in [0.29, 0.717) is 22.6 Å². The third-order valence-corrected chi connectivity index (χ3v) is 4.69. The molecule has 0 bridgehead atoms. The molecule has 6 heteroatoms. The Morgan fingerprint density at radius 3 is 2.56 bits per heavy atom. The van der Waals surface area contributed by atoms with Gasteiger partial charge < -0.3 is 5.32 Å².